The van der Waals surface area contributed by atoms with Gasteiger partial charge >= 0.3 is 0 Å². The molecule has 0 saturated heterocycles. The molecule has 1 unspecified atom stereocenters. The number of fused-ring (bicyclic) bond motifs is 1. The van der Waals surface area contributed by atoms with Crippen LogP contribution in [-0.4, -0.2) is 35.5 Å². The minimum Gasteiger partial charge on any atom is -0.330 e. The van der Waals surface area contributed by atoms with E-state index in [1.54, 1.807) is 12.1 Å². The van der Waals surface area contributed by atoms with Crippen LogP contribution in [0.25, 0.3) is 0 Å². The zero-order chi connectivity index (χ0) is 25.3. The Balaban J connectivity index is 1.68. The van der Waals surface area contributed by atoms with Gasteiger partial charge in [-0.05, 0) is 67.8 Å². The molecule has 0 radical (unpaired) electrons. The number of halogens is 1. The highest BCUT2D eigenvalue weighted by molar-refractivity contribution is 9.10. The third-order valence-electron chi connectivity index (χ3n) is 7.75. The fourth-order valence-electron chi connectivity index (χ4n) is 5.83. The molecule has 1 atom stereocenters. The van der Waals surface area contributed by atoms with Gasteiger partial charge in [-0.3, -0.25) is 14.4 Å². The van der Waals surface area contributed by atoms with Crippen molar-refractivity contribution in [1.29, 1.82) is 0 Å². The van der Waals surface area contributed by atoms with E-state index in [0.29, 0.717) is 24.6 Å². The Labute approximate surface area is 216 Å². The van der Waals surface area contributed by atoms with Gasteiger partial charge in [-0.1, -0.05) is 66.2 Å². The molecule has 1 fully saturated rings. The molecule has 1 aliphatic heterocycles. The van der Waals surface area contributed by atoms with Crippen LogP contribution in [0.5, 0.6) is 0 Å². The third-order valence-corrected chi connectivity index (χ3v) is 8.41. The van der Waals surface area contributed by atoms with Gasteiger partial charge in [0.25, 0.3) is 0 Å². The van der Waals surface area contributed by atoms with Gasteiger partial charge in [0.05, 0.1) is 0 Å². The summed E-state index contributed by atoms with van der Waals surface area (Å²) in [4.78, 5) is 41.3. The minimum absolute atomic E-state index is 0.000538. The van der Waals surface area contributed by atoms with Gasteiger partial charge in [0.1, 0.15) is 6.04 Å². The molecule has 35 heavy (non-hydrogen) atoms. The van der Waals surface area contributed by atoms with Gasteiger partial charge in [-0.15, -0.1) is 0 Å². The molecule has 5 nitrogen and oxygen atoms in total. The second kappa shape index (κ2) is 10.4. The first-order valence-corrected chi connectivity index (χ1v) is 13.3. The second-order valence-electron chi connectivity index (χ2n) is 10.8. The summed E-state index contributed by atoms with van der Waals surface area (Å²) in [7, 11) is 0. The van der Waals surface area contributed by atoms with Crippen LogP contribution in [0.2, 0.25) is 0 Å². The van der Waals surface area contributed by atoms with Crippen LogP contribution in [0.4, 0.5) is 0 Å². The Hall–Kier alpha value is -2.31. The summed E-state index contributed by atoms with van der Waals surface area (Å²) in [6.45, 7) is 6.98. The second-order valence-corrected chi connectivity index (χ2v) is 11.7. The van der Waals surface area contributed by atoms with Crippen LogP contribution in [0.1, 0.15) is 79.5 Å². The predicted molar refractivity (Wildman–Crippen MR) is 141 cm³/mol. The molecule has 0 aromatic heterocycles. The molecule has 0 spiro atoms. The fraction of sp³-hybridized carbons (Fsp3) is 0.483. The normalized spacial score (nSPS) is 23.5. The van der Waals surface area contributed by atoms with E-state index in [-0.39, 0.29) is 35.2 Å². The highest BCUT2D eigenvalue weighted by Gasteiger charge is 2.45. The van der Waals surface area contributed by atoms with Crippen molar-refractivity contribution in [1.82, 2.24) is 4.90 Å². The number of hydrogen-bond donors (Lipinski definition) is 1. The van der Waals surface area contributed by atoms with E-state index in [0.717, 1.165) is 46.8 Å². The predicted octanol–water partition coefficient (Wildman–Crippen LogP) is 5.39. The van der Waals surface area contributed by atoms with Gasteiger partial charge in [0.2, 0.25) is 5.91 Å². The quantitative estimate of drug-likeness (QED) is 0.500. The van der Waals surface area contributed by atoms with Crippen LogP contribution in [0.3, 0.4) is 0 Å². The van der Waals surface area contributed by atoms with E-state index in [9.17, 15) is 14.4 Å². The summed E-state index contributed by atoms with van der Waals surface area (Å²) in [5, 5.41) is 0. The number of nitrogens with zero attached hydrogens (tertiary/aromatic N) is 1. The van der Waals surface area contributed by atoms with E-state index < -0.39 is 6.04 Å². The average molecular weight is 540 g/mol. The number of rotatable bonds is 6. The average Bonchev–Trinajstić information content (AvgIpc) is 2.83. The topological polar surface area (TPSA) is 80.5 Å². The van der Waals surface area contributed by atoms with Crippen molar-refractivity contribution < 1.29 is 14.4 Å². The standard InChI is InChI=1S/C29H35BrN2O3/c1-18(33)21-11-7-19(8-12-21)15-25(34)27-23-5-4-6-24(30)26(23)29(2,3)17-32(27)28(35)22-13-9-20(16-31)10-14-22/h4-8,11-12,20,22,27H,9-10,13-17,31H2,1-3H3. The first-order chi connectivity index (χ1) is 16.6. The van der Waals surface area contributed by atoms with Gasteiger partial charge in [-0.2, -0.15) is 0 Å². The van der Waals surface area contributed by atoms with Gasteiger partial charge < -0.3 is 10.6 Å². The van der Waals surface area contributed by atoms with E-state index in [2.05, 4.69) is 29.8 Å². The molecular weight excluding hydrogens is 504 g/mol. The van der Waals surface area contributed by atoms with Crippen molar-refractivity contribution in [2.24, 2.45) is 17.6 Å². The minimum atomic E-state index is -0.622. The molecular formula is C29H35BrN2O3. The first kappa shape index (κ1) is 25.8. The van der Waals surface area contributed by atoms with E-state index in [1.807, 2.05) is 35.2 Å². The van der Waals surface area contributed by atoms with Crippen molar-refractivity contribution in [3.63, 3.8) is 0 Å². The lowest BCUT2D eigenvalue weighted by atomic mass is 9.73. The summed E-state index contributed by atoms with van der Waals surface area (Å²) in [5.74, 6) is 0.512. The molecule has 6 heteroatoms. The van der Waals surface area contributed by atoms with Gasteiger partial charge in [0, 0.05) is 34.3 Å². The lowest BCUT2D eigenvalue weighted by Gasteiger charge is -2.46. The molecule has 2 aromatic carbocycles. The summed E-state index contributed by atoms with van der Waals surface area (Å²) < 4.78 is 0.971. The Bertz CT molecular complexity index is 1120. The maximum Gasteiger partial charge on any atom is 0.226 e. The van der Waals surface area contributed by atoms with Crippen LogP contribution >= 0.6 is 15.9 Å². The summed E-state index contributed by atoms with van der Waals surface area (Å²) in [5.41, 5.74) is 9.05. The smallest absolute Gasteiger partial charge is 0.226 e. The number of benzene rings is 2. The monoisotopic (exact) mass is 538 g/mol. The highest BCUT2D eigenvalue weighted by atomic mass is 79.9. The summed E-state index contributed by atoms with van der Waals surface area (Å²) >= 11 is 3.71. The third kappa shape index (κ3) is 5.29. The van der Waals surface area contributed by atoms with E-state index in [4.69, 9.17) is 5.73 Å². The molecule has 2 N–H and O–H groups in total. The zero-order valence-corrected chi connectivity index (χ0v) is 22.4. The molecule has 2 aromatic rings. The lowest BCUT2D eigenvalue weighted by Crippen LogP contribution is -2.52. The van der Waals surface area contributed by atoms with Crippen LogP contribution in [-0.2, 0) is 21.4 Å². The maximum atomic E-state index is 13.9. The van der Waals surface area contributed by atoms with Crippen LogP contribution < -0.4 is 5.73 Å². The molecule has 0 bridgehead atoms. The first-order valence-electron chi connectivity index (χ1n) is 12.5. The number of ketones is 2. The summed E-state index contributed by atoms with van der Waals surface area (Å²) in [6, 6.07) is 12.5. The Kier molecular flexibility index (Phi) is 7.62. The van der Waals surface area contributed by atoms with E-state index >= 15 is 0 Å². The zero-order valence-electron chi connectivity index (χ0n) is 20.9. The van der Waals surface area contributed by atoms with E-state index in [1.165, 1.54) is 6.92 Å². The van der Waals surface area contributed by atoms with Gasteiger partial charge in [0.15, 0.2) is 11.6 Å². The number of Topliss-reactive ketones (excluding diaryl/α,β-unsaturated/α-hetero) is 2. The Morgan fingerprint density at radius 1 is 1.03 bits per heavy atom. The molecule has 186 valence electrons. The Morgan fingerprint density at radius 2 is 1.69 bits per heavy atom. The van der Waals surface area contributed by atoms with Crippen LogP contribution in [0, 0.1) is 11.8 Å². The molecule has 1 amide bonds. The molecule has 2 aliphatic rings. The number of carbonyl (C=O) groups excluding carboxylic acids is 3. The fourth-order valence-corrected chi connectivity index (χ4v) is 6.75. The number of nitrogens with two attached hydrogens (primary N) is 1. The number of hydrogen-bond acceptors (Lipinski definition) is 4. The van der Waals surface area contributed by atoms with Crippen LogP contribution in [0.15, 0.2) is 46.9 Å². The maximum absolute atomic E-state index is 13.9. The largest absolute Gasteiger partial charge is 0.330 e. The molecule has 1 aliphatic carbocycles. The van der Waals surface area contributed by atoms with Gasteiger partial charge in [-0.25, -0.2) is 0 Å². The lowest BCUT2D eigenvalue weighted by molar-refractivity contribution is -0.146. The SMILES string of the molecule is CC(=O)c1ccc(CC(=O)C2c3cccc(Br)c3C(C)(C)CN2C(=O)C2CCC(CN)CC2)cc1. The number of amides is 1. The molecule has 4 rings (SSSR count). The van der Waals surface area contributed by atoms with Crippen molar-refractivity contribution in [3.8, 4) is 0 Å². The van der Waals surface area contributed by atoms with Crippen molar-refractivity contribution >= 4 is 33.4 Å². The molecule has 1 saturated carbocycles. The van der Waals surface area contributed by atoms with Crippen molar-refractivity contribution in [3.05, 3.63) is 69.2 Å². The highest BCUT2D eigenvalue weighted by Crippen LogP contribution is 2.45. The number of carbonyl (C=O) groups is 3. The van der Waals surface area contributed by atoms with Crippen molar-refractivity contribution in [2.75, 3.05) is 13.1 Å². The molecule has 1 heterocycles. The van der Waals surface area contributed by atoms with Crippen molar-refractivity contribution in [2.45, 2.75) is 64.3 Å². The summed E-state index contributed by atoms with van der Waals surface area (Å²) in [6.07, 6.45) is 3.80. The Morgan fingerprint density at radius 3 is 2.29 bits per heavy atom.